The van der Waals surface area contributed by atoms with E-state index in [-0.39, 0.29) is 6.54 Å². The summed E-state index contributed by atoms with van der Waals surface area (Å²) in [6, 6.07) is 5.08. The van der Waals surface area contributed by atoms with Crippen LogP contribution in [0, 0.1) is 0 Å². The first-order chi connectivity index (χ1) is 8.00. The highest BCUT2D eigenvalue weighted by molar-refractivity contribution is 6.42. The zero-order valence-corrected chi connectivity index (χ0v) is 10.3. The molecule has 0 fully saturated rings. The van der Waals surface area contributed by atoms with Crippen LogP contribution in [0.3, 0.4) is 0 Å². The molecule has 2 amide bonds. The fourth-order valence-corrected chi connectivity index (χ4v) is 1.42. The van der Waals surface area contributed by atoms with Crippen LogP contribution in [0.1, 0.15) is 5.56 Å². The van der Waals surface area contributed by atoms with Crippen molar-refractivity contribution < 1.29 is 9.59 Å². The van der Waals surface area contributed by atoms with Gasteiger partial charge in [0.2, 0.25) is 11.8 Å². The first kappa shape index (κ1) is 13.5. The van der Waals surface area contributed by atoms with Crippen LogP contribution in [0.15, 0.2) is 24.3 Å². The Morgan fingerprint density at radius 1 is 1.35 bits per heavy atom. The molecule has 1 aromatic rings. The molecular formula is C11H10Cl2N2O2. The first-order valence-corrected chi connectivity index (χ1v) is 5.44. The molecular weight excluding hydrogens is 263 g/mol. The van der Waals surface area contributed by atoms with Gasteiger partial charge in [0, 0.05) is 6.08 Å². The SMILES string of the molecule is NC(=O)CNC(=O)C=Cc1cccc(Cl)c1Cl. The van der Waals surface area contributed by atoms with Gasteiger partial charge in [0.05, 0.1) is 16.6 Å². The number of carbonyl (C=O) groups excluding carboxylic acids is 2. The molecule has 3 N–H and O–H groups in total. The highest BCUT2D eigenvalue weighted by Crippen LogP contribution is 2.26. The Hall–Kier alpha value is -1.52. The number of amides is 2. The van der Waals surface area contributed by atoms with E-state index in [1.165, 1.54) is 12.2 Å². The van der Waals surface area contributed by atoms with E-state index in [9.17, 15) is 9.59 Å². The molecule has 0 aliphatic rings. The summed E-state index contributed by atoms with van der Waals surface area (Å²) in [5.41, 5.74) is 5.49. The zero-order chi connectivity index (χ0) is 12.8. The van der Waals surface area contributed by atoms with E-state index < -0.39 is 11.8 Å². The molecule has 0 aromatic heterocycles. The van der Waals surface area contributed by atoms with Crippen molar-refractivity contribution in [3.05, 3.63) is 39.9 Å². The van der Waals surface area contributed by atoms with Crippen molar-refractivity contribution >= 4 is 41.1 Å². The minimum Gasteiger partial charge on any atom is -0.368 e. The molecule has 0 spiro atoms. The molecule has 0 saturated carbocycles. The first-order valence-electron chi connectivity index (χ1n) is 4.69. The zero-order valence-electron chi connectivity index (χ0n) is 8.74. The second kappa shape index (κ2) is 6.27. The molecule has 0 saturated heterocycles. The summed E-state index contributed by atoms with van der Waals surface area (Å²) in [5.74, 6) is -1.03. The second-order valence-electron chi connectivity index (χ2n) is 3.16. The van der Waals surface area contributed by atoms with E-state index in [0.29, 0.717) is 15.6 Å². The van der Waals surface area contributed by atoms with Gasteiger partial charge in [-0.1, -0.05) is 35.3 Å². The van der Waals surface area contributed by atoms with Crippen LogP contribution in [0.2, 0.25) is 10.0 Å². The standard InChI is InChI=1S/C11H10Cl2N2O2/c12-8-3-1-2-7(11(8)13)4-5-10(17)15-6-9(14)16/h1-5H,6H2,(H2,14,16)(H,15,17). The van der Waals surface area contributed by atoms with Crippen LogP contribution in [0.25, 0.3) is 6.08 Å². The molecule has 17 heavy (non-hydrogen) atoms. The van der Waals surface area contributed by atoms with Crippen molar-refractivity contribution in [3.8, 4) is 0 Å². The van der Waals surface area contributed by atoms with Gasteiger partial charge in [-0.05, 0) is 17.7 Å². The Morgan fingerprint density at radius 2 is 2.06 bits per heavy atom. The Labute approximate surface area is 108 Å². The molecule has 0 atom stereocenters. The lowest BCUT2D eigenvalue weighted by atomic mass is 10.2. The molecule has 1 rings (SSSR count). The van der Waals surface area contributed by atoms with Gasteiger partial charge in [-0.3, -0.25) is 9.59 Å². The van der Waals surface area contributed by atoms with E-state index in [1.807, 2.05) is 0 Å². The van der Waals surface area contributed by atoms with Gasteiger partial charge >= 0.3 is 0 Å². The van der Waals surface area contributed by atoms with Crippen molar-refractivity contribution in [2.45, 2.75) is 0 Å². The van der Waals surface area contributed by atoms with E-state index in [2.05, 4.69) is 5.32 Å². The normalized spacial score (nSPS) is 10.5. The van der Waals surface area contributed by atoms with Gasteiger partial charge < -0.3 is 11.1 Å². The number of nitrogens with one attached hydrogen (secondary N) is 1. The summed E-state index contributed by atoms with van der Waals surface area (Å²) in [6.07, 6.45) is 2.75. The largest absolute Gasteiger partial charge is 0.368 e. The third-order valence-electron chi connectivity index (χ3n) is 1.83. The maximum atomic E-state index is 11.2. The van der Waals surface area contributed by atoms with Crippen molar-refractivity contribution in [1.29, 1.82) is 0 Å². The summed E-state index contributed by atoms with van der Waals surface area (Å²) < 4.78 is 0. The molecule has 0 bridgehead atoms. The number of hydrogen-bond acceptors (Lipinski definition) is 2. The maximum Gasteiger partial charge on any atom is 0.244 e. The molecule has 4 nitrogen and oxygen atoms in total. The van der Waals surface area contributed by atoms with Crippen LogP contribution in [0.4, 0.5) is 0 Å². The van der Waals surface area contributed by atoms with Crippen LogP contribution in [-0.4, -0.2) is 18.4 Å². The van der Waals surface area contributed by atoms with Gasteiger partial charge in [0.15, 0.2) is 0 Å². The lowest BCUT2D eigenvalue weighted by Gasteiger charge is -2.00. The lowest BCUT2D eigenvalue weighted by Crippen LogP contribution is -2.32. The molecule has 0 radical (unpaired) electrons. The van der Waals surface area contributed by atoms with Crippen molar-refractivity contribution in [1.82, 2.24) is 5.32 Å². The van der Waals surface area contributed by atoms with Crippen LogP contribution in [0.5, 0.6) is 0 Å². The lowest BCUT2D eigenvalue weighted by molar-refractivity contribution is -0.122. The maximum absolute atomic E-state index is 11.2. The van der Waals surface area contributed by atoms with Gasteiger partial charge in [-0.2, -0.15) is 0 Å². The highest BCUT2D eigenvalue weighted by Gasteiger charge is 2.02. The second-order valence-corrected chi connectivity index (χ2v) is 3.95. The Kier molecular flexibility index (Phi) is 5.00. The number of rotatable bonds is 4. The highest BCUT2D eigenvalue weighted by atomic mass is 35.5. The van der Waals surface area contributed by atoms with E-state index in [4.69, 9.17) is 28.9 Å². The smallest absolute Gasteiger partial charge is 0.244 e. The summed E-state index contributed by atoms with van der Waals surface area (Å²) >= 11 is 11.7. The third-order valence-corrected chi connectivity index (χ3v) is 2.67. The predicted octanol–water partition coefficient (Wildman–Crippen LogP) is 1.61. The van der Waals surface area contributed by atoms with Crippen LogP contribution >= 0.6 is 23.2 Å². The van der Waals surface area contributed by atoms with Crippen molar-refractivity contribution in [2.24, 2.45) is 5.73 Å². The number of benzene rings is 1. The molecule has 0 aliphatic heterocycles. The summed E-state index contributed by atoms with van der Waals surface area (Å²) in [5, 5.41) is 3.09. The molecule has 90 valence electrons. The number of nitrogens with two attached hydrogens (primary N) is 1. The van der Waals surface area contributed by atoms with Crippen LogP contribution < -0.4 is 11.1 Å². The van der Waals surface area contributed by atoms with E-state index >= 15 is 0 Å². The third kappa shape index (κ3) is 4.46. The number of carbonyl (C=O) groups is 2. The van der Waals surface area contributed by atoms with E-state index in [1.54, 1.807) is 18.2 Å². The number of halogens is 2. The van der Waals surface area contributed by atoms with Gasteiger partial charge in [-0.15, -0.1) is 0 Å². The molecule has 0 unspecified atom stereocenters. The quantitative estimate of drug-likeness (QED) is 0.818. The van der Waals surface area contributed by atoms with Gasteiger partial charge in [0.1, 0.15) is 0 Å². The fourth-order valence-electron chi connectivity index (χ4n) is 1.05. The molecule has 6 heteroatoms. The fraction of sp³-hybridized carbons (Fsp3) is 0.0909. The Bertz CT molecular complexity index is 473. The summed E-state index contributed by atoms with van der Waals surface area (Å²) in [4.78, 5) is 21.7. The topological polar surface area (TPSA) is 72.2 Å². The number of primary amides is 1. The minimum absolute atomic E-state index is 0.202. The minimum atomic E-state index is -0.604. The van der Waals surface area contributed by atoms with Crippen molar-refractivity contribution in [3.63, 3.8) is 0 Å². The van der Waals surface area contributed by atoms with Crippen LogP contribution in [-0.2, 0) is 9.59 Å². The molecule has 1 aromatic carbocycles. The van der Waals surface area contributed by atoms with Gasteiger partial charge in [-0.25, -0.2) is 0 Å². The average Bonchev–Trinajstić information content (AvgIpc) is 2.28. The monoisotopic (exact) mass is 272 g/mol. The molecule has 0 aliphatic carbocycles. The number of hydrogen-bond donors (Lipinski definition) is 2. The van der Waals surface area contributed by atoms with E-state index in [0.717, 1.165) is 0 Å². The molecule has 0 heterocycles. The predicted molar refractivity (Wildman–Crippen MR) is 67.7 cm³/mol. The Balaban J connectivity index is 2.67. The summed E-state index contributed by atoms with van der Waals surface area (Å²) in [7, 11) is 0. The summed E-state index contributed by atoms with van der Waals surface area (Å²) in [6.45, 7) is -0.202. The van der Waals surface area contributed by atoms with Gasteiger partial charge in [0.25, 0.3) is 0 Å². The van der Waals surface area contributed by atoms with Crippen molar-refractivity contribution in [2.75, 3.05) is 6.54 Å². The average molecular weight is 273 g/mol. The Morgan fingerprint density at radius 3 is 2.71 bits per heavy atom.